The van der Waals surface area contributed by atoms with Crippen molar-refractivity contribution < 1.29 is 9.59 Å². The molecule has 0 unspecified atom stereocenters. The molecule has 1 aliphatic heterocycles. The Labute approximate surface area is 148 Å². The van der Waals surface area contributed by atoms with Gasteiger partial charge in [0.25, 0.3) is 0 Å². The van der Waals surface area contributed by atoms with Gasteiger partial charge in [0.1, 0.15) is 0 Å². The zero-order valence-corrected chi connectivity index (χ0v) is 14.5. The van der Waals surface area contributed by atoms with Crippen molar-refractivity contribution in [3.05, 3.63) is 36.5 Å². The number of primary amides is 1. The number of rotatable bonds is 6. The fourth-order valence-electron chi connectivity index (χ4n) is 3.59. The molecule has 3 amide bonds. The van der Waals surface area contributed by atoms with E-state index in [9.17, 15) is 9.59 Å². The van der Waals surface area contributed by atoms with Crippen molar-refractivity contribution in [3.63, 3.8) is 0 Å². The van der Waals surface area contributed by atoms with Crippen LogP contribution in [-0.4, -0.2) is 41.0 Å². The van der Waals surface area contributed by atoms with Crippen LogP contribution in [0, 0.1) is 5.92 Å². The smallest absolute Gasteiger partial charge is 0.317 e. The maximum atomic E-state index is 12.3. The minimum atomic E-state index is -0.286. The number of carbonyl (C=O) groups is 2. The average molecular weight is 342 g/mol. The van der Waals surface area contributed by atoms with Gasteiger partial charge in [-0.1, -0.05) is 18.2 Å². The number of para-hydroxylation sites is 1. The molecule has 0 spiro atoms. The first-order chi connectivity index (χ1) is 12.1. The van der Waals surface area contributed by atoms with Crippen molar-refractivity contribution in [2.75, 3.05) is 19.6 Å². The molecule has 0 aliphatic carbocycles. The molecule has 1 aliphatic rings. The largest absolute Gasteiger partial charge is 0.370 e. The predicted octanol–water partition coefficient (Wildman–Crippen LogP) is 2.33. The summed E-state index contributed by atoms with van der Waals surface area (Å²) >= 11 is 0. The number of benzene rings is 1. The number of nitrogens with two attached hydrogens (primary N) is 1. The molecule has 6 nitrogen and oxygen atoms in total. The van der Waals surface area contributed by atoms with Gasteiger partial charge >= 0.3 is 6.03 Å². The van der Waals surface area contributed by atoms with Crippen molar-refractivity contribution in [3.8, 4) is 0 Å². The van der Waals surface area contributed by atoms with Gasteiger partial charge in [0.2, 0.25) is 5.91 Å². The molecule has 6 heteroatoms. The van der Waals surface area contributed by atoms with Crippen molar-refractivity contribution in [2.24, 2.45) is 11.7 Å². The number of hydrogen-bond donors (Lipinski definition) is 2. The number of carbonyl (C=O) groups excluding carboxylic acids is 2. The number of fused-ring (bicyclic) bond motifs is 1. The molecule has 0 bridgehead atoms. The Morgan fingerprint density at radius 1 is 1.24 bits per heavy atom. The van der Waals surface area contributed by atoms with E-state index < -0.39 is 0 Å². The second kappa shape index (κ2) is 8.05. The second-order valence-corrected chi connectivity index (χ2v) is 6.78. The van der Waals surface area contributed by atoms with E-state index in [1.165, 1.54) is 10.9 Å². The number of nitrogens with one attached hydrogen (secondary N) is 1. The van der Waals surface area contributed by atoms with Crippen molar-refractivity contribution in [1.29, 1.82) is 0 Å². The summed E-state index contributed by atoms with van der Waals surface area (Å²) in [5.74, 6) is -0.0885. The Kier molecular flexibility index (Phi) is 5.58. The minimum absolute atomic E-state index is 0.0356. The summed E-state index contributed by atoms with van der Waals surface area (Å²) in [5, 5.41) is 4.23. The topological polar surface area (TPSA) is 80.4 Å². The molecular weight excluding hydrogens is 316 g/mol. The number of aryl methyl sites for hydroxylation is 1. The first-order valence-electron chi connectivity index (χ1n) is 8.98. The maximum absolute atomic E-state index is 12.3. The Morgan fingerprint density at radius 2 is 2.08 bits per heavy atom. The lowest BCUT2D eigenvalue weighted by molar-refractivity contribution is -0.119. The van der Waals surface area contributed by atoms with Crippen LogP contribution in [-0.2, 0) is 11.3 Å². The summed E-state index contributed by atoms with van der Waals surface area (Å²) in [6.45, 7) is 2.89. The normalized spacial score (nSPS) is 17.6. The van der Waals surface area contributed by atoms with E-state index in [1.54, 1.807) is 0 Å². The molecule has 1 atom stereocenters. The number of urea groups is 1. The maximum Gasteiger partial charge on any atom is 0.317 e. The van der Waals surface area contributed by atoms with Crippen LogP contribution in [0.4, 0.5) is 4.79 Å². The van der Waals surface area contributed by atoms with Crippen molar-refractivity contribution in [1.82, 2.24) is 14.8 Å². The van der Waals surface area contributed by atoms with Crippen LogP contribution >= 0.6 is 0 Å². The molecule has 1 saturated heterocycles. The molecule has 1 aromatic heterocycles. The molecular formula is C19H26N4O2. The summed E-state index contributed by atoms with van der Waals surface area (Å²) in [6.07, 6.45) is 5.23. The Balaban J connectivity index is 1.42. The molecule has 3 N–H and O–H groups in total. The highest BCUT2D eigenvalue weighted by atomic mass is 16.2. The molecule has 134 valence electrons. The molecule has 3 rings (SSSR count). The minimum Gasteiger partial charge on any atom is -0.370 e. The van der Waals surface area contributed by atoms with Gasteiger partial charge in [-0.2, -0.15) is 0 Å². The van der Waals surface area contributed by atoms with Crippen LogP contribution < -0.4 is 11.1 Å². The lowest BCUT2D eigenvalue weighted by atomic mass is 9.95. The first kappa shape index (κ1) is 17.3. The first-order valence-corrected chi connectivity index (χ1v) is 8.98. The van der Waals surface area contributed by atoms with Crippen LogP contribution in [0.3, 0.4) is 0 Å². The summed E-state index contributed by atoms with van der Waals surface area (Å²) in [5.41, 5.74) is 6.49. The summed E-state index contributed by atoms with van der Waals surface area (Å²) in [4.78, 5) is 25.2. The molecule has 2 heterocycles. The van der Waals surface area contributed by atoms with E-state index in [1.807, 2.05) is 17.0 Å². The zero-order valence-electron chi connectivity index (χ0n) is 14.5. The molecule has 0 radical (unpaired) electrons. The highest BCUT2D eigenvalue weighted by Crippen LogP contribution is 2.19. The quantitative estimate of drug-likeness (QED) is 0.790. The van der Waals surface area contributed by atoms with Gasteiger partial charge in [-0.3, -0.25) is 4.79 Å². The number of likely N-dealkylation sites (tertiary alicyclic amines) is 1. The van der Waals surface area contributed by atoms with Gasteiger partial charge in [-0.05, 0) is 42.7 Å². The molecule has 25 heavy (non-hydrogen) atoms. The van der Waals surface area contributed by atoms with E-state index >= 15 is 0 Å². The van der Waals surface area contributed by atoms with E-state index in [-0.39, 0.29) is 17.9 Å². The van der Waals surface area contributed by atoms with Gasteiger partial charge in [-0.15, -0.1) is 0 Å². The Morgan fingerprint density at radius 3 is 2.92 bits per heavy atom. The lowest BCUT2D eigenvalue weighted by Gasteiger charge is -2.32. The van der Waals surface area contributed by atoms with E-state index in [0.717, 1.165) is 32.4 Å². The number of aromatic nitrogens is 1. The summed E-state index contributed by atoms with van der Waals surface area (Å²) < 4.78 is 2.21. The molecule has 0 saturated carbocycles. The fourth-order valence-corrected chi connectivity index (χ4v) is 3.59. The number of piperidine rings is 1. The predicted molar refractivity (Wildman–Crippen MR) is 98.1 cm³/mol. The highest BCUT2D eigenvalue weighted by molar-refractivity contribution is 5.80. The molecule has 1 aromatic carbocycles. The van der Waals surface area contributed by atoms with E-state index in [4.69, 9.17) is 5.73 Å². The van der Waals surface area contributed by atoms with Crippen molar-refractivity contribution in [2.45, 2.75) is 32.2 Å². The number of nitrogens with zero attached hydrogens (tertiary/aromatic N) is 2. The zero-order chi connectivity index (χ0) is 17.6. The fraction of sp³-hybridized carbons (Fsp3) is 0.474. The average Bonchev–Trinajstić information content (AvgIpc) is 3.01. The number of amides is 3. The third-order valence-electron chi connectivity index (χ3n) is 4.83. The SMILES string of the molecule is NC(=O)C[C@@H]1CCCN(C(=O)NCCCn2ccc3ccccc32)C1. The second-order valence-electron chi connectivity index (χ2n) is 6.78. The van der Waals surface area contributed by atoms with Crippen LogP contribution in [0.1, 0.15) is 25.7 Å². The standard InChI is InChI=1S/C19H26N4O2/c20-18(24)13-15-5-3-10-23(14-15)19(25)21-9-4-11-22-12-8-16-6-1-2-7-17(16)22/h1-2,6-8,12,15H,3-5,9-11,13-14H2,(H2,20,24)(H,21,25)/t15-/m0/s1. The van der Waals surface area contributed by atoms with Gasteiger partial charge in [0.05, 0.1) is 0 Å². The van der Waals surface area contributed by atoms with Gasteiger partial charge in [0.15, 0.2) is 0 Å². The Bertz CT molecular complexity index is 740. The third kappa shape index (κ3) is 4.53. The summed E-state index contributed by atoms with van der Waals surface area (Å²) in [7, 11) is 0. The van der Waals surface area contributed by atoms with Gasteiger partial charge < -0.3 is 20.5 Å². The van der Waals surface area contributed by atoms with Crippen LogP contribution in [0.2, 0.25) is 0 Å². The van der Waals surface area contributed by atoms with Crippen LogP contribution in [0.25, 0.3) is 10.9 Å². The summed E-state index contributed by atoms with van der Waals surface area (Å²) in [6, 6.07) is 10.4. The lowest BCUT2D eigenvalue weighted by Crippen LogP contribution is -2.46. The van der Waals surface area contributed by atoms with Crippen LogP contribution in [0.15, 0.2) is 36.5 Å². The van der Waals surface area contributed by atoms with Crippen LogP contribution in [0.5, 0.6) is 0 Å². The number of hydrogen-bond acceptors (Lipinski definition) is 2. The Hall–Kier alpha value is -2.50. The van der Waals surface area contributed by atoms with Gasteiger partial charge in [-0.25, -0.2) is 4.79 Å². The monoisotopic (exact) mass is 342 g/mol. The van der Waals surface area contributed by atoms with E-state index in [0.29, 0.717) is 19.5 Å². The van der Waals surface area contributed by atoms with Gasteiger partial charge in [0, 0.05) is 44.3 Å². The van der Waals surface area contributed by atoms with E-state index in [2.05, 4.69) is 34.3 Å². The third-order valence-corrected chi connectivity index (χ3v) is 4.83. The molecule has 1 fully saturated rings. The highest BCUT2D eigenvalue weighted by Gasteiger charge is 2.24. The van der Waals surface area contributed by atoms with Crippen molar-refractivity contribution >= 4 is 22.8 Å². The molecule has 2 aromatic rings.